The summed E-state index contributed by atoms with van der Waals surface area (Å²) in [5.41, 5.74) is 1.41. The number of anilines is 1. The van der Waals surface area contributed by atoms with Crippen LogP contribution in [0.5, 0.6) is 5.75 Å². The number of hydrogen-bond donors (Lipinski definition) is 2. The van der Waals surface area contributed by atoms with Gasteiger partial charge in [0.2, 0.25) is 0 Å². The van der Waals surface area contributed by atoms with E-state index in [9.17, 15) is 13.6 Å². The highest BCUT2D eigenvalue weighted by molar-refractivity contribution is 6.31. The number of terminal acetylenes is 1. The molecule has 0 fully saturated rings. The van der Waals surface area contributed by atoms with Crippen LogP contribution in [0.25, 0.3) is 16.9 Å². The summed E-state index contributed by atoms with van der Waals surface area (Å²) in [6.45, 7) is -3.04. The Kier molecular flexibility index (Phi) is 5.04. The number of halogens is 3. The second kappa shape index (κ2) is 7.81. The third kappa shape index (κ3) is 3.66. The zero-order valence-corrected chi connectivity index (χ0v) is 15.7. The average Bonchev–Trinajstić information content (AvgIpc) is 3.35. The molecule has 0 aliphatic rings. The van der Waals surface area contributed by atoms with Crippen molar-refractivity contribution in [1.82, 2.24) is 24.8 Å². The number of amides is 1. The molecule has 0 saturated heterocycles. The minimum absolute atomic E-state index is 0.115. The summed E-state index contributed by atoms with van der Waals surface area (Å²) >= 11 is 6.00. The van der Waals surface area contributed by atoms with E-state index in [0.29, 0.717) is 11.3 Å². The molecule has 0 spiro atoms. The molecule has 1 aromatic carbocycles. The summed E-state index contributed by atoms with van der Waals surface area (Å²) in [4.78, 5) is 16.9. The van der Waals surface area contributed by atoms with E-state index in [2.05, 4.69) is 36.3 Å². The van der Waals surface area contributed by atoms with Crippen molar-refractivity contribution >= 4 is 28.8 Å². The largest absolute Gasteiger partial charge is 0.434 e. The molecule has 0 radical (unpaired) electrons. The lowest BCUT2D eigenvalue weighted by Crippen LogP contribution is -2.16. The maximum absolute atomic E-state index is 12.8. The number of imidazole rings is 1. The molecule has 0 aliphatic carbocycles. The van der Waals surface area contributed by atoms with Gasteiger partial charge in [-0.3, -0.25) is 9.89 Å². The Bertz CT molecular complexity index is 1290. The van der Waals surface area contributed by atoms with Gasteiger partial charge in [0.25, 0.3) is 5.91 Å². The summed E-state index contributed by atoms with van der Waals surface area (Å²) in [7, 11) is 0. The molecule has 0 unspecified atom stereocenters. The number of benzene rings is 1. The fourth-order valence-electron chi connectivity index (χ4n) is 2.77. The Morgan fingerprint density at radius 1 is 1.33 bits per heavy atom. The van der Waals surface area contributed by atoms with Crippen LogP contribution in [-0.2, 0) is 0 Å². The third-order valence-electron chi connectivity index (χ3n) is 4.04. The Hall–Kier alpha value is -3.97. The monoisotopic (exact) mass is 428 g/mol. The number of aromatic amines is 1. The smallest absolute Gasteiger partial charge is 0.387 e. The summed E-state index contributed by atoms with van der Waals surface area (Å²) < 4.78 is 31.4. The van der Waals surface area contributed by atoms with Crippen LogP contribution >= 0.6 is 11.6 Å². The summed E-state index contributed by atoms with van der Waals surface area (Å²) in [6, 6.07) is 7.32. The maximum atomic E-state index is 12.8. The van der Waals surface area contributed by atoms with Crippen LogP contribution in [0, 0.1) is 12.3 Å². The molecule has 1 amide bonds. The lowest BCUT2D eigenvalue weighted by Gasteiger charge is -2.11. The van der Waals surface area contributed by atoms with E-state index in [1.807, 2.05) is 0 Å². The first kappa shape index (κ1) is 19.4. The predicted octanol–water partition coefficient (Wildman–Crippen LogP) is 3.61. The number of H-pyrrole nitrogens is 1. The van der Waals surface area contributed by atoms with Gasteiger partial charge in [0.15, 0.2) is 11.3 Å². The van der Waals surface area contributed by atoms with Gasteiger partial charge in [0.1, 0.15) is 17.1 Å². The predicted molar refractivity (Wildman–Crippen MR) is 105 cm³/mol. The molecule has 150 valence electrons. The van der Waals surface area contributed by atoms with Crippen LogP contribution < -0.4 is 10.1 Å². The molecule has 30 heavy (non-hydrogen) atoms. The van der Waals surface area contributed by atoms with Gasteiger partial charge in [-0.25, -0.2) is 9.50 Å². The number of hydrogen-bond acceptors (Lipinski definition) is 5. The number of rotatable bonds is 5. The Morgan fingerprint density at radius 3 is 2.93 bits per heavy atom. The number of nitrogens with zero attached hydrogens (tertiary/aromatic N) is 4. The van der Waals surface area contributed by atoms with E-state index >= 15 is 0 Å². The first-order chi connectivity index (χ1) is 14.5. The molecule has 2 N–H and O–H groups in total. The molecule has 11 heteroatoms. The zero-order chi connectivity index (χ0) is 21.3. The van der Waals surface area contributed by atoms with Crippen molar-refractivity contribution in [3.05, 3.63) is 59.1 Å². The number of aromatic nitrogens is 5. The van der Waals surface area contributed by atoms with Crippen molar-refractivity contribution in [2.75, 3.05) is 5.32 Å². The van der Waals surface area contributed by atoms with Crippen molar-refractivity contribution in [3.63, 3.8) is 0 Å². The minimum Gasteiger partial charge on any atom is -0.434 e. The molecular formula is C19H11ClF2N6O2. The Morgan fingerprint density at radius 2 is 2.17 bits per heavy atom. The maximum Gasteiger partial charge on any atom is 0.387 e. The van der Waals surface area contributed by atoms with Gasteiger partial charge in [-0.2, -0.15) is 19.0 Å². The topological polar surface area (TPSA) is 97.2 Å². The number of fused-ring (bicyclic) bond motifs is 1. The molecule has 4 rings (SSSR count). The summed E-state index contributed by atoms with van der Waals surface area (Å²) in [5, 5.41) is 13.7. The Labute approximate surface area is 172 Å². The molecule has 0 atom stereocenters. The van der Waals surface area contributed by atoms with Crippen LogP contribution in [0.3, 0.4) is 0 Å². The molecule has 0 saturated carbocycles. The number of nitrogens with one attached hydrogen (secondary N) is 2. The zero-order valence-electron chi connectivity index (χ0n) is 14.9. The minimum atomic E-state index is -3.04. The van der Waals surface area contributed by atoms with Gasteiger partial charge in [0, 0.05) is 16.8 Å². The molecule has 3 aromatic heterocycles. The van der Waals surface area contributed by atoms with Gasteiger partial charge in [-0.15, -0.1) is 6.42 Å². The van der Waals surface area contributed by atoms with Crippen molar-refractivity contribution in [2.45, 2.75) is 6.61 Å². The highest BCUT2D eigenvalue weighted by Crippen LogP contribution is 2.36. The highest BCUT2D eigenvalue weighted by atomic mass is 35.5. The number of ether oxygens (including phenoxy) is 1. The second-order valence-electron chi connectivity index (χ2n) is 5.90. The standard InChI is InChI=1S/C19H11ClF2N6O2/c1-2-11-4-6-16-23-9-14(28(16)27-11)18(29)25-13-8-24-26-17(13)12-7-10(20)3-5-15(12)30-19(21)22/h1,3-9,19H,(H,24,26)(H,25,29). The quantitative estimate of drug-likeness (QED) is 0.473. The van der Waals surface area contributed by atoms with Crippen LogP contribution in [0.4, 0.5) is 14.5 Å². The molecule has 0 aliphatic heterocycles. The van der Waals surface area contributed by atoms with Gasteiger partial charge in [-0.1, -0.05) is 11.6 Å². The van der Waals surface area contributed by atoms with E-state index in [-0.39, 0.29) is 33.4 Å². The van der Waals surface area contributed by atoms with Crippen molar-refractivity contribution in [1.29, 1.82) is 0 Å². The number of carbonyl (C=O) groups excluding carboxylic acids is 1. The van der Waals surface area contributed by atoms with Gasteiger partial charge in [-0.05, 0) is 36.3 Å². The van der Waals surface area contributed by atoms with Gasteiger partial charge >= 0.3 is 6.61 Å². The first-order valence-corrected chi connectivity index (χ1v) is 8.75. The van der Waals surface area contributed by atoms with E-state index < -0.39 is 12.5 Å². The molecular weight excluding hydrogens is 418 g/mol. The molecule has 4 aromatic rings. The van der Waals surface area contributed by atoms with Gasteiger partial charge < -0.3 is 10.1 Å². The molecule has 8 nitrogen and oxygen atoms in total. The van der Waals surface area contributed by atoms with E-state index in [1.165, 1.54) is 35.1 Å². The number of carbonyl (C=O) groups is 1. The SMILES string of the molecule is C#Cc1ccc2ncc(C(=O)Nc3c[nH]nc3-c3cc(Cl)ccc3OC(F)F)n2n1. The average molecular weight is 429 g/mol. The lowest BCUT2D eigenvalue weighted by molar-refractivity contribution is -0.0494. The third-order valence-corrected chi connectivity index (χ3v) is 4.28. The second-order valence-corrected chi connectivity index (χ2v) is 6.33. The van der Waals surface area contributed by atoms with Crippen molar-refractivity contribution in [2.24, 2.45) is 0 Å². The fraction of sp³-hybridized carbons (Fsp3) is 0.0526. The highest BCUT2D eigenvalue weighted by Gasteiger charge is 2.20. The van der Waals surface area contributed by atoms with E-state index in [1.54, 1.807) is 12.1 Å². The molecule has 3 heterocycles. The van der Waals surface area contributed by atoms with E-state index in [4.69, 9.17) is 18.0 Å². The fourth-order valence-corrected chi connectivity index (χ4v) is 2.94. The van der Waals surface area contributed by atoms with Crippen LogP contribution in [-0.4, -0.2) is 37.3 Å². The van der Waals surface area contributed by atoms with Crippen LogP contribution in [0.1, 0.15) is 16.2 Å². The van der Waals surface area contributed by atoms with E-state index in [0.717, 1.165) is 0 Å². The van der Waals surface area contributed by atoms with Crippen LogP contribution in [0.2, 0.25) is 5.02 Å². The van der Waals surface area contributed by atoms with Gasteiger partial charge in [0.05, 0.1) is 11.9 Å². The van der Waals surface area contributed by atoms with Crippen molar-refractivity contribution < 1.29 is 18.3 Å². The van der Waals surface area contributed by atoms with Crippen LogP contribution in [0.15, 0.2) is 42.7 Å². The Balaban J connectivity index is 1.70. The lowest BCUT2D eigenvalue weighted by atomic mass is 10.1. The summed E-state index contributed by atoms with van der Waals surface area (Å²) in [5.74, 6) is 1.67. The number of alkyl halides is 2. The first-order valence-electron chi connectivity index (χ1n) is 8.37. The normalized spacial score (nSPS) is 10.9. The molecule has 0 bridgehead atoms. The van der Waals surface area contributed by atoms with Crippen molar-refractivity contribution in [3.8, 4) is 29.4 Å². The summed E-state index contributed by atoms with van der Waals surface area (Å²) in [6.07, 6.45) is 8.08.